The Morgan fingerprint density at radius 1 is 1.00 bits per heavy atom. The third kappa shape index (κ3) is 5.05. The molecule has 2 N–H and O–H groups in total. The number of amides is 1. The van der Waals surface area contributed by atoms with E-state index in [9.17, 15) is 4.79 Å². The minimum Gasteiger partial charge on any atom is -0.366 e. The maximum absolute atomic E-state index is 12.6. The van der Waals surface area contributed by atoms with Gasteiger partial charge >= 0.3 is 0 Å². The van der Waals surface area contributed by atoms with E-state index in [-0.39, 0.29) is 5.91 Å². The SMILES string of the molecule is Cc1cc(C)cc(NC(=O)c2cc(NCc3ccccc3Cl)nc(C)n2)c1. The van der Waals surface area contributed by atoms with Crippen LogP contribution in [-0.4, -0.2) is 15.9 Å². The number of carbonyl (C=O) groups is 1. The third-order valence-corrected chi connectivity index (χ3v) is 4.34. The minimum absolute atomic E-state index is 0.272. The van der Waals surface area contributed by atoms with Gasteiger partial charge in [-0.1, -0.05) is 35.9 Å². The Morgan fingerprint density at radius 3 is 2.41 bits per heavy atom. The summed E-state index contributed by atoms with van der Waals surface area (Å²) in [6.07, 6.45) is 0. The summed E-state index contributed by atoms with van der Waals surface area (Å²) in [5.74, 6) is 0.823. The summed E-state index contributed by atoms with van der Waals surface area (Å²) in [7, 11) is 0. The molecule has 0 unspecified atom stereocenters. The number of aromatic nitrogens is 2. The lowest BCUT2D eigenvalue weighted by molar-refractivity contribution is 0.102. The molecule has 1 aromatic heterocycles. The number of halogens is 1. The van der Waals surface area contributed by atoms with E-state index in [4.69, 9.17) is 11.6 Å². The van der Waals surface area contributed by atoms with Crippen LogP contribution in [0.1, 0.15) is 33.0 Å². The number of rotatable bonds is 5. The highest BCUT2D eigenvalue weighted by molar-refractivity contribution is 6.31. The van der Waals surface area contributed by atoms with Gasteiger partial charge in [-0.3, -0.25) is 4.79 Å². The third-order valence-electron chi connectivity index (χ3n) is 3.97. The van der Waals surface area contributed by atoms with E-state index in [0.29, 0.717) is 28.9 Å². The van der Waals surface area contributed by atoms with Crippen LogP contribution >= 0.6 is 11.6 Å². The highest BCUT2D eigenvalue weighted by atomic mass is 35.5. The molecule has 2 aromatic carbocycles. The molecule has 0 bridgehead atoms. The molecule has 0 spiro atoms. The van der Waals surface area contributed by atoms with E-state index in [1.165, 1.54) is 0 Å². The number of aryl methyl sites for hydroxylation is 3. The van der Waals surface area contributed by atoms with Gasteiger partial charge in [0.1, 0.15) is 17.3 Å². The lowest BCUT2D eigenvalue weighted by Gasteiger charge is -2.11. The van der Waals surface area contributed by atoms with Crippen molar-refractivity contribution in [3.63, 3.8) is 0 Å². The summed E-state index contributed by atoms with van der Waals surface area (Å²) in [6, 6.07) is 15.1. The average Bonchev–Trinajstić information content (AvgIpc) is 2.59. The molecule has 0 fully saturated rings. The van der Waals surface area contributed by atoms with Crippen molar-refractivity contribution in [2.45, 2.75) is 27.3 Å². The fourth-order valence-electron chi connectivity index (χ4n) is 2.84. The van der Waals surface area contributed by atoms with Gasteiger partial charge in [-0.15, -0.1) is 0 Å². The molecule has 0 saturated heterocycles. The number of nitrogens with zero attached hydrogens (tertiary/aromatic N) is 2. The molecular weight excluding hydrogens is 360 g/mol. The first-order valence-electron chi connectivity index (χ1n) is 8.63. The molecule has 5 nitrogen and oxygen atoms in total. The molecule has 1 amide bonds. The average molecular weight is 381 g/mol. The minimum atomic E-state index is -0.272. The largest absolute Gasteiger partial charge is 0.366 e. The number of carbonyl (C=O) groups excluding carboxylic acids is 1. The van der Waals surface area contributed by atoms with Crippen molar-refractivity contribution < 1.29 is 4.79 Å². The van der Waals surface area contributed by atoms with E-state index in [1.54, 1.807) is 13.0 Å². The lowest BCUT2D eigenvalue weighted by atomic mass is 10.1. The molecule has 0 aliphatic carbocycles. The van der Waals surface area contributed by atoms with E-state index in [0.717, 1.165) is 22.4 Å². The number of nitrogens with one attached hydrogen (secondary N) is 2. The van der Waals surface area contributed by atoms with Crippen molar-refractivity contribution in [3.05, 3.63) is 81.8 Å². The normalized spacial score (nSPS) is 10.5. The molecule has 6 heteroatoms. The molecule has 138 valence electrons. The summed E-state index contributed by atoms with van der Waals surface area (Å²) in [6.45, 7) is 6.25. The lowest BCUT2D eigenvalue weighted by Crippen LogP contribution is -2.16. The smallest absolute Gasteiger partial charge is 0.274 e. The van der Waals surface area contributed by atoms with Crippen LogP contribution in [0.4, 0.5) is 11.5 Å². The van der Waals surface area contributed by atoms with Crippen LogP contribution in [0.2, 0.25) is 5.02 Å². The molecule has 0 saturated carbocycles. The Balaban J connectivity index is 1.76. The van der Waals surface area contributed by atoms with Gasteiger partial charge in [0.15, 0.2) is 0 Å². The molecule has 1 heterocycles. The fourth-order valence-corrected chi connectivity index (χ4v) is 3.05. The molecule has 3 aromatic rings. The zero-order valence-corrected chi connectivity index (χ0v) is 16.3. The van der Waals surface area contributed by atoms with Gasteiger partial charge in [-0.2, -0.15) is 0 Å². The quantitative estimate of drug-likeness (QED) is 0.659. The monoisotopic (exact) mass is 380 g/mol. The number of hydrogen-bond donors (Lipinski definition) is 2. The van der Waals surface area contributed by atoms with Crippen molar-refractivity contribution in [2.24, 2.45) is 0 Å². The highest BCUT2D eigenvalue weighted by Gasteiger charge is 2.12. The first kappa shape index (κ1) is 18.9. The highest BCUT2D eigenvalue weighted by Crippen LogP contribution is 2.18. The van der Waals surface area contributed by atoms with Crippen molar-refractivity contribution in [3.8, 4) is 0 Å². The standard InChI is InChI=1S/C21H21ClN4O/c1-13-8-14(2)10-17(9-13)26-21(27)19-11-20(25-15(3)24-19)23-12-16-6-4-5-7-18(16)22/h4-11H,12H2,1-3H3,(H,26,27)(H,23,24,25). The van der Waals surface area contributed by atoms with Crippen LogP contribution in [0.15, 0.2) is 48.5 Å². The summed E-state index contributed by atoms with van der Waals surface area (Å²) in [5.41, 5.74) is 4.19. The first-order chi connectivity index (χ1) is 12.9. The van der Waals surface area contributed by atoms with Crippen molar-refractivity contribution in [1.82, 2.24) is 9.97 Å². The number of hydrogen-bond acceptors (Lipinski definition) is 4. The van der Waals surface area contributed by atoms with Gasteiger partial charge in [0.05, 0.1) is 0 Å². The first-order valence-corrected chi connectivity index (χ1v) is 9.01. The van der Waals surface area contributed by atoms with Crippen LogP contribution in [0.25, 0.3) is 0 Å². The Kier molecular flexibility index (Phi) is 5.72. The van der Waals surface area contributed by atoms with Crippen LogP contribution in [-0.2, 0) is 6.54 Å². The molecule has 0 atom stereocenters. The molecule has 0 aliphatic rings. The van der Waals surface area contributed by atoms with Crippen molar-refractivity contribution in [2.75, 3.05) is 10.6 Å². The summed E-state index contributed by atoms with van der Waals surface area (Å²) in [4.78, 5) is 21.2. The summed E-state index contributed by atoms with van der Waals surface area (Å²) < 4.78 is 0. The van der Waals surface area contributed by atoms with Gasteiger partial charge in [0, 0.05) is 23.3 Å². The Bertz CT molecular complexity index is 967. The van der Waals surface area contributed by atoms with Gasteiger partial charge in [0.25, 0.3) is 5.91 Å². The number of benzene rings is 2. The Hall–Kier alpha value is -2.92. The van der Waals surface area contributed by atoms with Crippen LogP contribution in [0.3, 0.4) is 0 Å². The topological polar surface area (TPSA) is 66.9 Å². The maximum atomic E-state index is 12.6. The second-order valence-electron chi connectivity index (χ2n) is 6.46. The Labute approximate surface area is 163 Å². The van der Waals surface area contributed by atoms with Gasteiger partial charge in [0.2, 0.25) is 0 Å². The second kappa shape index (κ2) is 8.18. The summed E-state index contributed by atoms with van der Waals surface area (Å²) >= 11 is 6.18. The zero-order valence-electron chi connectivity index (χ0n) is 15.5. The molecule has 0 aliphatic heterocycles. The van der Waals surface area contributed by atoms with Crippen LogP contribution < -0.4 is 10.6 Å². The number of anilines is 2. The molecular formula is C21H21ClN4O. The predicted octanol–water partition coefficient (Wildman–Crippen LogP) is 4.92. The van der Waals surface area contributed by atoms with Gasteiger partial charge in [-0.05, 0) is 55.7 Å². The van der Waals surface area contributed by atoms with E-state index in [2.05, 4.69) is 26.7 Å². The maximum Gasteiger partial charge on any atom is 0.274 e. The van der Waals surface area contributed by atoms with Gasteiger partial charge < -0.3 is 10.6 Å². The molecule has 0 radical (unpaired) electrons. The van der Waals surface area contributed by atoms with Crippen LogP contribution in [0.5, 0.6) is 0 Å². The van der Waals surface area contributed by atoms with E-state index in [1.807, 2.05) is 50.2 Å². The molecule has 27 heavy (non-hydrogen) atoms. The van der Waals surface area contributed by atoms with Crippen LogP contribution in [0, 0.1) is 20.8 Å². The summed E-state index contributed by atoms with van der Waals surface area (Å²) in [5, 5.41) is 6.79. The Morgan fingerprint density at radius 2 is 1.70 bits per heavy atom. The van der Waals surface area contributed by atoms with E-state index < -0.39 is 0 Å². The predicted molar refractivity (Wildman–Crippen MR) is 109 cm³/mol. The fraction of sp³-hybridized carbons (Fsp3) is 0.190. The van der Waals surface area contributed by atoms with Crippen molar-refractivity contribution >= 4 is 29.0 Å². The van der Waals surface area contributed by atoms with Crippen molar-refractivity contribution in [1.29, 1.82) is 0 Å². The molecule has 3 rings (SSSR count). The van der Waals surface area contributed by atoms with Gasteiger partial charge in [-0.25, -0.2) is 9.97 Å². The second-order valence-corrected chi connectivity index (χ2v) is 6.87. The van der Waals surface area contributed by atoms with E-state index >= 15 is 0 Å². The zero-order chi connectivity index (χ0) is 19.4.